The average Bonchev–Trinajstić information content (AvgIpc) is 3.50. The van der Waals surface area contributed by atoms with Gasteiger partial charge in [0, 0.05) is 5.57 Å². The third-order valence-corrected chi connectivity index (χ3v) is 7.17. The predicted molar refractivity (Wildman–Crippen MR) is 153 cm³/mol. The molecule has 2 aliphatic rings. The number of alkyl halides is 3. The normalized spacial score (nSPS) is 15.7. The van der Waals surface area contributed by atoms with Crippen LogP contribution >= 0.6 is 0 Å². The molecule has 9 heteroatoms. The number of aryl methyl sites for hydroxylation is 1. The van der Waals surface area contributed by atoms with Crippen molar-refractivity contribution in [1.29, 1.82) is 15.8 Å². The lowest BCUT2D eigenvalue weighted by atomic mass is 9.91. The topological polar surface area (TPSA) is 84.5 Å². The monoisotopic (exact) mass is 562 g/mol. The molecule has 0 bridgehead atoms. The van der Waals surface area contributed by atoms with Gasteiger partial charge in [0.2, 0.25) is 5.70 Å². The average molecular weight is 563 g/mol. The number of nitrogens with zero attached hydrogens (tertiary/aromatic N) is 6. The minimum atomic E-state index is -4.67. The molecule has 0 atom stereocenters. The molecule has 43 heavy (non-hydrogen) atoms. The quantitative estimate of drug-likeness (QED) is 0.232. The van der Waals surface area contributed by atoms with Gasteiger partial charge in [-0.15, -0.1) is 0 Å². The maximum absolute atomic E-state index is 13.5. The van der Waals surface area contributed by atoms with E-state index >= 15 is 0 Å². The molecule has 0 fully saturated rings. The van der Waals surface area contributed by atoms with Gasteiger partial charge in [-0.05, 0) is 63.1 Å². The second-order valence-electron chi connectivity index (χ2n) is 9.48. The van der Waals surface area contributed by atoms with Gasteiger partial charge in [0.25, 0.3) is 11.4 Å². The van der Waals surface area contributed by atoms with Crippen molar-refractivity contribution in [3.8, 4) is 18.2 Å². The zero-order valence-electron chi connectivity index (χ0n) is 22.1. The fraction of sp³-hybridized carbons (Fsp3) is 0.0588. The van der Waals surface area contributed by atoms with Crippen LogP contribution < -0.4 is 0 Å². The lowest BCUT2D eigenvalue weighted by molar-refractivity contribution is -0.137. The van der Waals surface area contributed by atoms with E-state index in [1.54, 1.807) is 42.5 Å². The van der Waals surface area contributed by atoms with Crippen LogP contribution in [0, 0.1) is 60.6 Å². The lowest BCUT2D eigenvalue weighted by Crippen LogP contribution is -2.05. The summed E-state index contributed by atoms with van der Waals surface area (Å²) in [5.74, 6) is 0. The molecule has 0 saturated heterocycles. The highest BCUT2D eigenvalue weighted by molar-refractivity contribution is 6.26. The molecule has 0 aromatic heterocycles. The number of halogens is 3. The van der Waals surface area contributed by atoms with E-state index in [2.05, 4.69) is 20.6 Å². The molecule has 6 nitrogen and oxygen atoms in total. The van der Waals surface area contributed by atoms with E-state index in [-0.39, 0.29) is 44.9 Å². The first kappa shape index (κ1) is 27.9. The van der Waals surface area contributed by atoms with Crippen LogP contribution in [0.4, 0.5) is 13.2 Å². The second kappa shape index (κ2) is 10.4. The molecule has 0 heterocycles. The maximum atomic E-state index is 13.5. The molecule has 0 radical (unpaired) electrons. The summed E-state index contributed by atoms with van der Waals surface area (Å²) >= 11 is 0. The van der Waals surface area contributed by atoms with Gasteiger partial charge < -0.3 is 0 Å². The summed E-state index contributed by atoms with van der Waals surface area (Å²) in [4.78, 5) is 10.2. The first-order valence-corrected chi connectivity index (χ1v) is 12.4. The van der Waals surface area contributed by atoms with E-state index < -0.39 is 11.7 Å². The molecule has 200 valence electrons. The Morgan fingerprint density at radius 2 is 1.23 bits per heavy atom. The Kier molecular flexibility index (Phi) is 6.74. The predicted octanol–water partition coefficient (Wildman–Crippen LogP) is 8.57. The standard InChI is InChI=1S/C34H13F3N6/c1-18-5-11-22-24(13-18)26(15-38)29(31(22)27(16-39)41-2)19-6-8-20(9-7-19)30-32(28(17-40)42-3)23-12-10-21(34(35,36)37)14-25(23)33(30)43-4/h5-14H,1H3/b31-27+,32-28-. The fourth-order valence-electron chi connectivity index (χ4n) is 5.37. The van der Waals surface area contributed by atoms with Crippen molar-refractivity contribution in [2.45, 2.75) is 13.1 Å². The third-order valence-electron chi connectivity index (χ3n) is 7.17. The molecular formula is C34H13F3N6. The molecule has 0 amide bonds. The van der Waals surface area contributed by atoms with E-state index in [1.165, 1.54) is 0 Å². The molecule has 2 aliphatic carbocycles. The Morgan fingerprint density at radius 3 is 1.74 bits per heavy atom. The summed E-state index contributed by atoms with van der Waals surface area (Å²) < 4.78 is 40.6. The Hall–Kier alpha value is -6.65. The summed E-state index contributed by atoms with van der Waals surface area (Å²) in [6.45, 7) is 24.8. The molecule has 0 saturated carbocycles. The Labute approximate surface area is 244 Å². The van der Waals surface area contributed by atoms with Crippen LogP contribution in [0.5, 0.6) is 0 Å². The van der Waals surface area contributed by atoms with Crippen molar-refractivity contribution in [3.05, 3.63) is 151 Å². The van der Waals surface area contributed by atoms with Gasteiger partial charge in [0.15, 0.2) is 0 Å². The molecule has 0 unspecified atom stereocenters. The van der Waals surface area contributed by atoms with E-state index in [9.17, 15) is 29.0 Å². The van der Waals surface area contributed by atoms with Gasteiger partial charge in [0.05, 0.1) is 43.0 Å². The van der Waals surface area contributed by atoms with Crippen LogP contribution in [-0.4, -0.2) is 0 Å². The molecule has 0 aliphatic heterocycles. The SMILES string of the molecule is [C-]#[N+]C1=C(c2ccc(C3=C(C#N)c4cc(C)ccc4/C3=C(/C#N)[N+]#[C-])cc2)/C(=C(/C#N)[N+]#[C-])c2ccc(C(F)(F)F)cc21. The largest absolute Gasteiger partial charge is 0.416 e. The molecule has 3 aromatic rings. The lowest BCUT2D eigenvalue weighted by Gasteiger charge is -2.13. The summed E-state index contributed by atoms with van der Waals surface area (Å²) in [6.07, 6.45) is -4.67. The molecule has 3 aromatic carbocycles. The van der Waals surface area contributed by atoms with Crippen LogP contribution in [-0.2, 0) is 6.18 Å². The van der Waals surface area contributed by atoms with Crippen molar-refractivity contribution in [1.82, 2.24) is 0 Å². The van der Waals surface area contributed by atoms with E-state index in [0.29, 0.717) is 33.4 Å². The highest BCUT2D eigenvalue weighted by Gasteiger charge is 2.36. The van der Waals surface area contributed by atoms with Gasteiger partial charge in [-0.25, -0.2) is 25.1 Å². The van der Waals surface area contributed by atoms with Crippen molar-refractivity contribution in [3.63, 3.8) is 0 Å². The minimum absolute atomic E-state index is 0.0349. The number of hydrogen-bond acceptors (Lipinski definition) is 3. The Bertz CT molecular complexity index is 2140. The summed E-state index contributed by atoms with van der Waals surface area (Å²) in [5, 5.41) is 29.6. The highest BCUT2D eigenvalue weighted by Crippen LogP contribution is 2.51. The molecule has 5 rings (SSSR count). The van der Waals surface area contributed by atoms with Crippen LogP contribution in [0.3, 0.4) is 0 Å². The highest BCUT2D eigenvalue weighted by atomic mass is 19.4. The fourth-order valence-corrected chi connectivity index (χ4v) is 5.37. The number of allylic oxidation sites excluding steroid dienone is 7. The summed E-state index contributed by atoms with van der Waals surface area (Å²) in [7, 11) is 0. The smallest absolute Gasteiger partial charge is 0.237 e. The second-order valence-corrected chi connectivity index (χ2v) is 9.48. The first-order chi connectivity index (χ1) is 20.6. The zero-order valence-corrected chi connectivity index (χ0v) is 22.1. The van der Waals surface area contributed by atoms with Gasteiger partial charge in [0.1, 0.15) is 6.07 Å². The summed E-state index contributed by atoms with van der Waals surface area (Å²) in [5.41, 5.74) is 2.47. The first-order valence-electron chi connectivity index (χ1n) is 12.4. The van der Waals surface area contributed by atoms with Crippen LogP contribution in [0.2, 0.25) is 0 Å². The third kappa shape index (κ3) is 4.32. The van der Waals surface area contributed by atoms with Crippen LogP contribution in [0.25, 0.3) is 48.1 Å². The van der Waals surface area contributed by atoms with Crippen LogP contribution in [0.15, 0.2) is 72.1 Å². The van der Waals surface area contributed by atoms with Crippen molar-refractivity contribution >= 4 is 33.6 Å². The zero-order chi connectivity index (χ0) is 31.1. The number of fused-ring (bicyclic) bond motifs is 2. The molecule has 0 spiro atoms. The number of nitriles is 3. The Balaban J connectivity index is 1.75. The van der Waals surface area contributed by atoms with E-state index in [1.807, 2.05) is 19.1 Å². The molecular weight excluding hydrogens is 549 g/mol. The van der Waals surface area contributed by atoms with Crippen molar-refractivity contribution in [2.75, 3.05) is 0 Å². The van der Waals surface area contributed by atoms with Gasteiger partial charge >= 0.3 is 6.18 Å². The van der Waals surface area contributed by atoms with Gasteiger partial charge in [-0.3, -0.25) is 0 Å². The number of benzene rings is 3. The maximum Gasteiger partial charge on any atom is 0.416 e. The van der Waals surface area contributed by atoms with Gasteiger partial charge in [-0.1, -0.05) is 60.2 Å². The van der Waals surface area contributed by atoms with E-state index in [4.69, 9.17) is 19.7 Å². The number of rotatable bonds is 2. The number of hydrogen-bond donors (Lipinski definition) is 0. The van der Waals surface area contributed by atoms with Gasteiger partial charge in [-0.2, -0.15) is 18.4 Å². The summed E-state index contributed by atoms with van der Waals surface area (Å²) in [6, 6.07) is 20.5. The van der Waals surface area contributed by atoms with E-state index in [0.717, 1.165) is 23.8 Å². The van der Waals surface area contributed by atoms with Crippen molar-refractivity contribution in [2.24, 2.45) is 0 Å². The van der Waals surface area contributed by atoms with Crippen molar-refractivity contribution < 1.29 is 13.2 Å². The Morgan fingerprint density at radius 1 is 0.698 bits per heavy atom. The minimum Gasteiger partial charge on any atom is -0.237 e. The molecule has 0 N–H and O–H groups in total. The van der Waals surface area contributed by atoms with Crippen LogP contribution in [0.1, 0.15) is 44.5 Å².